The highest BCUT2D eigenvalue weighted by molar-refractivity contribution is 7.98. The number of thioether (sulfide) groups is 1. The maximum absolute atomic E-state index is 5.76. The lowest BCUT2D eigenvalue weighted by Crippen LogP contribution is -2.01. The highest BCUT2D eigenvalue weighted by Gasteiger charge is 2.09. The Kier molecular flexibility index (Phi) is 2.55. The average molecular weight is 203 g/mol. The molecule has 4 heteroatoms. The molecule has 2 nitrogen and oxygen atoms in total. The van der Waals surface area contributed by atoms with Gasteiger partial charge in [-0.05, 0) is 24.2 Å². The van der Waals surface area contributed by atoms with Crippen LogP contribution in [-0.4, -0.2) is 19.1 Å². The first kappa shape index (κ1) is 9.65. The molecule has 0 spiro atoms. The van der Waals surface area contributed by atoms with Crippen molar-refractivity contribution in [2.45, 2.75) is 18.2 Å². The Balaban J connectivity index is 2.76. The molecule has 0 saturated carbocycles. The summed E-state index contributed by atoms with van der Waals surface area (Å²) in [4.78, 5) is 5.53. The third-order valence-corrected chi connectivity index (χ3v) is 2.89. The van der Waals surface area contributed by atoms with Gasteiger partial charge in [-0.1, -0.05) is 6.92 Å². The van der Waals surface area contributed by atoms with E-state index in [2.05, 4.69) is 18.0 Å². The summed E-state index contributed by atoms with van der Waals surface area (Å²) in [6, 6.07) is 2.05. The number of rotatable bonds is 2. The lowest BCUT2D eigenvalue weighted by molar-refractivity contribution is 0.610. The predicted molar refractivity (Wildman–Crippen MR) is 60.6 cm³/mol. The number of aryl methyl sites for hydroxylation is 1. The van der Waals surface area contributed by atoms with Crippen molar-refractivity contribution in [1.29, 1.82) is 0 Å². The lowest BCUT2D eigenvalue weighted by atomic mass is 9.99. The van der Waals surface area contributed by atoms with Crippen molar-refractivity contribution in [3.8, 4) is 0 Å². The molecule has 2 aromatic heterocycles. The fourth-order valence-electron chi connectivity index (χ4n) is 1.38. The van der Waals surface area contributed by atoms with Gasteiger partial charge in [-0.25, -0.2) is 4.98 Å². The number of pyridine rings is 1. The largest absolute Gasteiger partial charge is 0.462 e. The monoisotopic (exact) mass is 203 g/mol. The molecule has 14 heavy (non-hydrogen) atoms. The van der Waals surface area contributed by atoms with Crippen LogP contribution in [0.3, 0.4) is 0 Å². The van der Waals surface area contributed by atoms with Crippen molar-refractivity contribution >= 4 is 36.2 Å². The Hall–Kier alpha value is -0.895. The zero-order valence-corrected chi connectivity index (χ0v) is 9.02. The van der Waals surface area contributed by atoms with E-state index in [4.69, 9.17) is 12.3 Å². The van der Waals surface area contributed by atoms with Crippen molar-refractivity contribution < 1.29 is 4.42 Å². The van der Waals surface area contributed by atoms with Crippen LogP contribution in [0.25, 0.3) is 11.1 Å². The van der Waals surface area contributed by atoms with E-state index < -0.39 is 0 Å². The molecule has 0 aliphatic heterocycles. The minimum absolute atomic E-state index is 0.616. The Morgan fingerprint density at radius 1 is 1.57 bits per heavy atom. The number of furan rings is 1. The molecule has 0 bridgehead atoms. The Morgan fingerprint density at radius 3 is 3.00 bits per heavy atom. The van der Waals surface area contributed by atoms with Gasteiger partial charge in [0.1, 0.15) is 13.4 Å². The van der Waals surface area contributed by atoms with Gasteiger partial charge >= 0.3 is 0 Å². The SMILES string of the molecule is [B]c1coc2c(SC)cc(CC)nc12. The summed E-state index contributed by atoms with van der Waals surface area (Å²) in [6.07, 6.45) is 4.48. The van der Waals surface area contributed by atoms with Crippen molar-refractivity contribution in [1.82, 2.24) is 4.98 Å². The van der Waals surface area contributed by atoms with Crippen LogP contribution >= 0.6 is 11.8 Å². The van der Waals surface area contributed by atoms with E-state index in [-0.39, 0.29) is 0 Å². The lowest BCUT2D eigenvalue weighted by Gasteiger charge is -2.01. The first-order chi connectivity index (χ1) is 6.76. The average Bonchev–Trinajstić information content (AvgIpc) is 2.59. The topological polar surface area (TPSA) is 26.0 Å². The highest BCUT2D eigenvalue weighted by Crippen LogP contribution is 2.25. The molecule has 2 aromatic rings. The van der Waals surface area contributed by atoms with Crippen molar-refractivity contribution in [2.24, 2.45) is 0 Å². The van der Waals surface area contributed by atoms with Gasteiger partial charge in [-0.2, -0.15) is 0 Å². The molecule has 0 N–H and O–H groups in total. The Labute approximate surface area is 88.5 Å². The number of hydrogen-bond acceptors (Lipinski definition) is 3. The maximum atomic E-state index is 5.76. The molecule has 0 aliphatic carbocycles. The van der Waals surface area contributed by atoms with Gasteiger partial charge in [-0.15, -0.1) is 11.8 Å². The summed E-state index contributed by atoms with van der Waals surface area (Å²) < 4.78 is 5.36. The molecule has 70 valence electrons. The third-order valence-electron chi connectivity index (χ3n) is 2.15. The molecular formula is C10H10BNOS. The number of hydrogen-bond donors (Lipinski definition) is 0. The second kappa shape index (κ2) is 3.69. The molecule has 2 heterocycles. The quantitative estimate of drug-likeness (QED) is 0.550. The van der Waals surface area contributed by atoms with Crippen molar-refractivity contribution in [3.63, 3.8) is 0 Å². The van der Waals surface area contributed by atoms with Crippen LogP contribution in [0.4, 0.5) is 0 Å². The van der Waals surface area contributed by atoms with Crippen molar-refractivity contribution in [3.05, 3.63) is 18.0 Å². The van der Waals surface area contributed by atoms with Gasteiger partial charge in [0, 0.05) is 5.69 Å². The standard InChI is InChI=1S/C10H10BNOS/c1-3-6-4-8(14-2)10-9(12-6)7(11)5-13-10/h4-5H,3H2,1-2H3. The molecule has 0 amide bonds. The Bertz CT molecular complexity index is 466. The van der Waals surface area contributed by atoms with Gasteiger partial charge in [0.25, 0.3) is 0 Å². The van der Waals surface area contributed by atoms with E-state index in [1.165, 1.54) is 0 Å². The summed E-state index contributed by atoms with van der Waals surface area (Å²) in [6.45, 7) is 2.08. The van der Waals surface area contributed by atoms with Crippen LogP contribution in [-0.2, 0) is 6.42 Å². The van der Waals surface area contributed by atoms with E-state index in [1.807, 2.05) is 6.26 Å². The number of nitrogens with zero attached hydrogens (tertiary/aromatic N) is 1. The highest BCUT2D eigenvalue weighted by atomic mass is 32.2. The molecular weight excluding hydrogens is 193 g/mol. The molecule has 0 unspecified atom stereocenters. The van der Waals surface area contributed by atoms with Crippen LogP contribution in [0.2, 0.25) is 0 Å². The van der Waals surface area contributed by atoms with Crippen molar-refractivity contribution in [2.75, 3.05) is 6.26 Å². The van der Waals surface area contributed by atoms with Gasteiger partial charge in [0.15, 0.2) is 5.58 Å². The summed E-state index contributed by atoms with van der Waals surface area (Å²) >= 11 is 1.65. The summed E-state index contributed by atoms with van der Waals surface area (Å²) in [5, 5.41) is 0. The van der Waals surface area contributed by atoms with E-state index in [1.54, 1.807) is 18.0 Å². The van der Waals surface area contributed by atoms with Gasteiger partial charge in [-0.3, -0.25) is 0 Å². The summed E-state index contributed by atoms with van der Waals surface area (Å²) in [7, 11) is 5.76. The van der Waals surface area contributed by atoms with Gasteiger partial charge in [0.2, 0.25) is 0 Å². The summed E-state index contributed by atoms with van der Waals surface area (Å²) in [5.41, 5.74) is 3.25. The second-order valence-electron chi connectivity index (χ2n) is 3.04. The molecule has 0 saturated heterocycles. The zero-order valence-electron chi connectivity index (χ0n) is 8.20. The van der Waals surface area contributed by atoms with Crippen LogP contribution in [0, 0.1) is 0 Å². The second-order valence-corrected chi connectivity index (χ2v) is 3.89. The third kappa shape index (κ3) is 1.44. The molecule has 0 fully saturated rings. The van der Waals surface area contributed by atoms with E-state index in [9.17, 15) is 0 Å². The van der Waals surface area contributed by atoms with Crippen LogP contribution in [0.5, 0.6) is 0 Å². The minimum atomic E-state index is 0.616. The minimum Gasteiger partial charge on any atom is -0.462 e. The zero-order chi connectivity index (χ0) is 10.1. The molecule has 0 atom stereocenters. The van der Waals surface area contributed by atoms with Crippen LogP contribution < -0.4 is 5.46 Å². The Morgan fingerprint density at radius 2 is 2.36 bits per heavy atom. The molecule has 2 rings (SSSR count). The van der Waals surface area contributed by atoms with E-state index in [0.29, 0.717) is 5.46 Å². The molecule has 0 aliphatic rings. The molecule has 0 aromatic carbocycles. The number of aromatic nitrogens is 1. The molecule has 2 radical (unpaired) electrons. The fourth-order valence-corrected chi connectivity index (χ4v) is 1.96. The van der Waals surface area contributed by atoms with Crippen LogP contribution in [0.1, 0.15) is 12.6 Å². The number of fused-ring (bicyclic) bond motifs is 1. The van der Waals surface area contributed by atoms with E-state index >= 15 is 0 Å². The normalized spacial score (nSPS) is 11.0. The maximum Gasteiger partial charge on any atom is 0.165 e. The smallest absolute Gasteiger partial charge is 0.165 e. The first-order valence-electron chi connectivity index (χ1n) is 4.46. The summed E-state index contributed by atoms with van der Waals surface area (Å²) in [5.74, 6) is 0. The van der Waals surface area contributed by atoms with Crippen LogP contribution in [0.15, 0.2) is 21.6 Å². The fraction of sp³-hybridized carbons (Fsp3) is 0.300. The van der Waals surface area contributed by atoms with E-state index in [0.717, 1.165) is 28.1 Å². The predicted octanol–water partition coefficient (Wildman–Crippen LogP) is 1.91. The van der Waals surface area contributed by atoms with Gasteiger partial charge in [0.05, 0.1) is 11.2 Å². The van der Waals surface area contributed by atoms with Gasteiger partial charge < -0.3 is 4.42 Å². The first-order valence-corrected chi connectivity index (χ1v) is 5.69.